The van der Waals surface area contributed by atoms with Gasteiger partial charge in [0.15, 0.2) is 0 Å². The number of carbonyl (C=O) groups is 1. The van der Waals surface area contributed by atoms with Gasteiger partial charge in [-0.2, -0.15) is 0 Å². The third kappa shape index (κ3) is 6.00. The number of benzene rings is 2. The maximum Gasteiger partial charge on any atom is 0.221 e. The second kappa shape index (κ2) is 9.97. The van der Waals surface area contributed by atoms with E-state index in [9.17, 15) is 4.79 Å². The first kappa shape index (κ1) is 19.2. The Morgan fingerprint density at radius 2 is 1.70 bits per heavy atom. The van der Waals surface area contributed by atoms with Crippen molar-refractivity contribution in [3.63, 3.8) is 0 Å². The third-order valence-corrected chi connectivity index (χ3v) is 5.04. The van der Waals surface area contributed by atoms with Gasteiger partial charge < -0.3 is 15.0 Å². The van der Waals surface area contributed by atoms with E-state index in [1.807, 2.05) is 30.3 Å². The van der Waals surface area contributed by atoms with Crippen LogP contribution in [0.5, 0.6) is 5.75 Å². The topological polar surface area (TPSA) is 44.8 Å². The van der Waals surface area contributed by atoms with Crippen LogP contribution < -0.4 is 15.0 Å². The van der Waals surface area contributed by atoms with Crippen molar-refractivity contribution < 1.29 is 9.53 Å². The quantitative estimate of drug-likeness (QED) is 0.779. The number of piperazine rings is 1. The summed E-state index contributed by atoms with van der Waals surface area (Å²) in [6, 6.07) is 18.5. The highest BCUT2D eigenvalue weighted by molar-refractivity contribution is 5.76. The minimum Gasteiger partial charge on any atom is -0.497 e. The lowest BCUT2D eigenvalue weighted by molar-refractivity contribution is -0.121. The summed E-state index contributed by atoms with van der Waals surface area (Å²) in [4.78, 5) is 16.9. The fourth-order valence-corrected chi connectivity index (χ4v) is 3.35. The predicted octanol–water partition coefficient (Wildman–Crippen LogP) is 2.57. The highest BCUT2D eigenvalue weighted by atomic mass is 16.5. The Balaban J connectivity index is 1.30. The van der Waals surface area contributed by atoms with Crippen LogP contribution in [-0.2, 0) is 11.2 Å². The second-order valence-electron chi connectivity index (χ2n) is 6.86. The molecule has 1 heterocycles. The molecule has 0 aromatic heterocycles. The summed E-state index contributed by atoms with van der Waals surface area (Å²) in [6.07, 6.45) is 1.40. The first-order valence-corrected chi connectivity index (χ1v) is 9.66. The minimum atomic E-state index is 0.133. The molecule has 27 heavy (non-hydrogen) atoms. The zero-order valence-corrected chi connectivity index (χ0v) is 16.1. The molecule has 0 aliphatic carbocycles. The molecule has 1 N–H and O–H groups in total. The van der Waals surface area contributed by atoms with E-state index in [1.54, 1.807) is 7.11 Å². The van der Waals surface area contributed by atoms with E-state index in [0.717, 1.165) is 44.9 Å². The lowest BCUT2D eigenvalue weighted by Gasteiger charge is -2.36. The van der Waals surface area contributed by atoms with Crippen LogP contribution in [0.1, 0.15) is 12.0 Å². The van der Waals surface area contributed by atoms with E-state index in [-0.39, 0.29) is 5.91 Å². The minimum absolute atomic E-state index is 0.133. The molecule has 0 atom stereocenters. The van der Waals surface area contributed by atoms with Crippen LogP contribution in [-0.4, -0.2) is 57.2 Å². The molecule has 0 saturated carbocycles. The second-order valence-corrected chi connectivity index (χ2v) is 6.86. The summed E-state index contributed by atoms with van der Waals surface area (Å²) in [5.41, 5.74) is 2.49. The molecule has 1 aliphatic rings. The normalized spacial score (nSPS) is 14.8. The molecular weight excluding hydrogens is 338 g/mol. The largest absolute Gasteiger partial charge is 0.497 e. The molecule has 5 nitrogen and oxygen atoms in total. The Morgan fingerprint density at radius 3 is 2.37 bits per heavy atom. The number of carbonyl (C=O) groups excluding carboxylic acids is 1. The van der Waals surface area contributed by atoms with Crippen LogP contribution in [0, 0.1) is 0 Å². The zero-order chi connectivity index (χ0) is 18.9. The Morgan fingerprint density at radius 1 is 1.00 bits per heavy atom. The summed E-state index contributed by atoms with van der Waals surface area (Å²) in [7, 11) is 1.66. The number of hydrogen-bond acceptors (Lipinski definition) is 4. The molecule has 0 bridgehead atoms. The van der Waals surface area contributed by atoms with Crippen molar-refractivity contribution in [3.8, 4) is 5.75 Å². The highest BCUT2D eigenvalue weighted by Gasteiger charge is 2.17. The Labute approximate surface area is 161 Å². The maximum atomic E-state index is 12.1. The summed E-state index contributed by atoms with van der Waals surface area (Å²) in [5.74, 6) is 0.990. The SMILES string of the molecule is COc1ccc(CCNC(=O)CCN2CCN(c3ccccc3)CC2)cc1. The maximum absolute atomic E-state index is 12.1. The molecular formula is C22H29N3O2. The summed E-state index contributed by atoms with van der Waals surface area (Å²) >= 11 is 0. The van der Waals surface area contributed by atoms with E-state index in [4.69, 9.17) is 4.74 Å². The van der Waals surface area contributed by atoms with Crippen LogP contribution in [0.3, 0.4) is 0 Å². The van der Waals surface area contributed by atoms with Crippen molar-refractivity contribution in [2.75, 3.05) is 51.3 Å². The van der Waals surface area contributed by atoms with Crippen LogP contribution in [0.15, 0.2) is 54.6 Å². The van der Waals surface area contributed by atoms with E-state index in [2.05, 4.69) is 39.4 Å². The van der Waals surface area contributed by atoms with Gasteiger partial charge in [0.1, 0.15) is 5.75 Å². The van der Waals surface area contributed by atoms with Crippen molar-refractivity contribution >= 4 is 11.6 Å². The van der Waals surface area contributed by atoms with Crippen molar-refractivity contribution in [1.82, 2.24) is 10.2 Å². The lowest BCUT2D eigenvalue weighted by atomic mass is 10.1. The van der Waals surface area contributed by atoms with Gasteiger partial charge in [0.05, 0.1) is 7.11 Å². The number of para-hydroxylation sites is 1. The molecule has 1 fully saturated rings. The van der Waals surface area contributed by atoms with Gasteiger partial charge in [-0.15, -0.1) is 0 Å². The fraction of sp³-hybridized carbons (Fsp3) is 0.409. The van der Waals surface area contributed by atoms with E-state index < -0.39 is 0 Å². The monoisotopic (exact) mass is 367 g/mol. The van der Waals surface area contributed by atoms with E-state index >= 15 is 0 Å². The Kier molecular flexibility index (Phi) is 7.11. The van der Waals surface area contributed by atoms with Crippen LogP contribution in [0.25, 0.3) is 0 Å². The molecule has 1 aliphatic heterocycles. The van der Waals surface area contributed by atoms with Gasteiger partial charge in [-0.05, 0) is 36.2 Å². The van der Waals surface area contributed by atoms with Crippen molar-refractivity contribution in [3.05, 3.63) is 60.2 Å². The third-order valence-electron chi connectivity index (χ3n) is 5.04. The predicted molar refractivity (Wildman–Crippen MR) is 109 cm³/mol. The number of nitrogens with one attached hydrogen (secondary N) is 1. The first-order chi connectivity index (χ1) is 13.2. The average Bonchev–Trinajstić information content (AvgIpc) is 2.74. The molecule has 144 valence electrons. The highest BCUT2D eigenvalue weighted by Crippen LogP contribution is 2.15. The molecule has 3 rings (SSSR count). The van der Waals surface area contributed by atoms with Crippen LogP contribution in [0.4, 0.5) is 5.69 Å². The fourth-order valence-electron chi connectivity index (χ4n) is 3.35. The summed E-state index contributed by atoms with van der Waals surface area (Å²) < 4.78 is 5.16. The smallest absolute Gasteiger partial charge is 0.221 e. The van der Waals surface area contributed by atoms with Gasteiger partial charge in [-0.3, -0.25) is 9.69 Å². The molecule has 0 radical (unpaired) electrons. The standard InChI is InChI=1S/C22H29N3O2/c1-27-21-9-7-19(8-10-21)11-13-23-22(26)12-14-24-15-17-25(18-16-24)20-5-3-2-4-6-20/h2-10H,11-18H2,1H3,(H,23,26). The van der Waals surface area contributed by atoms with Gasteiger partial charge in [-0.1, -0.05) is 30.3 Å². The number of amides is 1. The summed E-state index contributed by atoms with van der Waals surface area (Å²) in [5, 5.41) is 3.03. The van der Waals surface area contributed by atoms with Crippen molar-refractivity contribution in [1.29, 1.82) is 0 Å². The van der Waals surface area contributed by atoms with Crippen molar-refractivity contribution in [2.45, 2.75) is 12.8 Å². The molecule has 5 heteroatoms. The Bertz CT molecular complexity index is 695. The van der Waals surface area contributed by atoms with Gasteiger partial charge in [0, 0.05) is 51.4 Å². The average molecular weight is 367 g/mol. The van der Waals surface area contributed by atoms with Crippen LogP contribution in [0.2, 0.25) is 0 Å². The molecule has 1 amide bonds. The summed E-state index contributed by atoms with van der Waals surface area (Å²) in [6.45, 7) is 5.55. The Hall–Kier alpha value is -2.53. The number of ether oxygens (including phenoxy) is 1. The van der Waals surface area contributed by atoms with Gasteiger partial charge >= 0.3 is 0 Å². The lowest BCUT2D eigenvalue weighted by Crippen LogP contribution is -2.47. The molecule has 1 saturated heterocycles. The molecule has 0 unspecified atom stereocenters. The zero-order valence-electron chi connectivity index (χ0n) is 16.1. The van der Waals surface area contributed by atoms with Gasteiger partial charge in [0.2, 0.25) is 5.91 Å². The number of nitrogens with zero attached hydrogens (tertiary/aromatic N) is 2. The number of hydrogen-bond donors (Lipinski definition) is 1. The molecule has 2 aromatic rings. The number of anilines is 1. The van der Waals surface area contributed by atoms with Crippen molar-refractivity contribution in [2.24, 2.45) is 0 Å². The first-order valence-electron chi connectivity index (χ1n) is 9.66. The number of methoxy groups -OCH3 is 1. The number of rotatable bonds is 8. The van der Waals surface area contributed by atoms with E-state index in [1.165, 1.54) is 11.3 Å². The van der Waals surface area contributed by atoms with E-state index in [0.29, 0.717) is 13.0 Å². The van der Waals surface area contributed by atoms with Gasteiger partial charge in [-0.25, -0.2) is 0 Å². The van der Waals surface area contributed by atoms with Gasteiger partial charge in [0.25, 0.3) is 0 Å². The molecule has 2 aromatic carbocycles. The van der Waals surface area contributed by atoms with Crippen LogP contribution >= 0.6 is 0 Å². The molecule has 0 spiro atoms.